The van der Waals surface area contributed by atoms with Crippen LogP contribution >= 0.6 is 0 Å². The lowest BCUT2D eigenvalue weighted by atomic mass is 9.97. The van der Waals surface area contributed by atoms with Gasteiger partial charge in [0.2, 0.25) is 0 Å². The number of fused-ring (bicyclic) bond motifs is 1. The van der Waals surface area contributed by atoms with Gasteiger partial charge in [-0.3, -0.25) is 4.79 Å². The minimum Gasteiger partial charge on any atom is -0.481 e. The number of aromatic amines is 1. The van der Waals surface area contributed by atoms with Gasteiger partial charge in [0.25, 0.3) is 0 Å². The molecule has 1 atom stereocenters. The Balaban J connectivity index is 1.57. The first-order valence-corrected chi connectivity index (χ1v) is 9.85. The molecule has 146 valence electrons. The van der Waals surface area contributed by atoms with Gasteiger partial charge in [0.15, 0.2) is 0 Å². The summed E-state index contributed by atoms with van der Waals surface area (Å²) in [7, 11) is 0. The molecule has 4 rings (SSSR count). The molecule has 0 aliphatic rings. The molecule has 1 unspecified atom stereocenters. The van der Waals surface area contributed by atoms with E-state index < -0.39 is 5.97 Å². The highest BCUT2D eigenvalue weighted by Gasteiger charge is 2.14. The summed E-state index contributed by atoms with van der Waals surface area (Å²) in [6.45, 7) is 0. The smallest absolute Gasteiger partial charge is 0.303 e. The molecular weight excluding hydrogens is 360 g/mol. The van der Waals surface area contributed by atoms with E-state index in [9.17, 15) is 4.79 Å². The van der Waals surface area contributed by atoms with Crippen LogP contribution < -0.4 is 5.32 Å². The zero-order valence-electron chi connectivity index (χ0n) is 16.1. The second-order valence-electron chi connectivity index (χ2n) is 7.30. The van der Waals surface area contributed by atoms with E-state index in [2.05, 4.69) is 58.8 Å². The highest BCUT2D eigenvalue weighted by atomic mass is 16.4. The minimum absolute atomic E-state index is 0.120. The van der Waals surface area contributed by atoms with Crippen molar-refractivity contribution in [2.24, 2.45) is 0 Å². The largest absolute Gasteiger partial charge is 0.481 e. The predicted octanol–water partition coefficient (Wildman–Crippen LogP) is 5.58. The maximum atomic E-state index is 10.8. The van der Waals surface area contributed by atoms with Gasteiger partial charge in [-0.15, -0.1) is 0 Å². The SMILES string of the molecule is O=C(O)CCc1ccc(NC(Cc2ccccc2)c2ccc3cc[nH]c3c2)cc1. The first kappa shape index (κ1) is 18.8. The van der Waals surface area contributed by atoms with E-state index in [1.54, 1.807) is 0 Å². The molecule has 4 nitrogen and oxygen atoms in total. The average Bonchev–Trinajstić information content (AvgIpc) is 3.21. The van der Waals surface area contributed by atoms with Crippen molar-refractivity contribution in [3.05, 3.63) is 102 Å². The molecule has 4 heteroatoms. The molecule has 29 heavy (non-hydrogen) atoms. The second-order valence-corrected chi connectivity index (χ2v) is 7.30. The summed E-state index contributed by atoms with van der Waals surface area (Å²) in [4.78, 5) is 14.1. The van der Waals surface area contributed by atoms with Crippen molar-refractivity contribution in [2.45, 2.75) is 25.3 Å². The van der Waals surface area contributed by atoms with Crippen LogP contribution in [0, 0.1) is 0 Å². The Morgan fingerprint density at radius 1 is 0.931 bits per heavy atom. The van der Waals surface area contributed by atoms with Crippen LogP contribution in [0.1, 0.15) is 29.2 Å². The topological polar surface area (TPSA) is 65.1 Å². The van der Waals surface area contributed by atoms with Gasteiger partial charge in [-0.2, -0.15) is 0 Å². The maximum Gasteiger partial charge on any atom is 0.303 e. The van der Waals surface area contributed by atoms with Gasteiger partial charge in [-0.1, -0.05) is 54.6 Å². The molecule has 0 saturated carbocycles. The Bertz CT molecular complexity index is 1080. The fourth-order valence-corrected chi connectivity index (χ4v) is 3.60. The van der Waals surface area contributed by atoms with Crippen LogP contribution in [-0.4, -0.2) is 16.1 Å². The van der Waals surface area contributed by atoms with Crippen LogP contribution in [0.15, 0.2) is 85.1 Å². The van der Waals surface area contributed by atoms with Gasteiger partial charge >= 0.3 is 5.97 Å². The van der Waals surface area contributed by atoms with Gasteiger partial charge in [-0.05, 0) is 59.2 Å². The van der Waals surface area contributed by atoms with E-state index in [1.165, 1.54) is 16.5 Å². The number of carboxylic acid groups (broad SMARTS) is 1. The summed E-state index contributed by atoms with van der Waals surface area (Å²) in [5.74, 6) is -0.769. The van der Waals surface area contributed by atoms with E-state index in [-0.39, 0.29) is 12.5 Å². The third-order valence-electron chi connectivity index (χ3n) is 5.19. The molecule has 1 heterocycles. The van der Waals surface area contributed by atoms with Crippen LogP contribution in [0.5, 0.6) is 0 Å². The highest BCUT2D eigenvalue weighted by molar-refractivity contribution is 5.80. The van der Waals surface area contributed by atoms with Crippen molar-refractivity contribution >= 4 is 22.6 Å². The number of carboxylic acids is 1. The van der Waals surface area contributed by atoms with E-state index in [1.807, 2.05) is 36.5 Å². The van der Waals surface area contributed by atoms with Crippen LogP contribution in [0.2, 0.25) is 0 Å². The van der Waals surface area contributed by atoms with Gasteiger partial charge in [-0.25, -0.2) is 0 Å². The number of aromatic nitrogens is 1. The van der Waals surface area contributed by atoms with Crippen molar-refractivity contribution in [3.63, 3.8) is 0 Å². The predicted molar refractivity (Wildman–Crippen MR) is 117 cm³/mol. The van der Waals surface area contributed by atoms with Crippen molar-refractivity contribution in [2.75, 3.05) is 5.32 Å². The summed E-state index contributed by atoms with van der Waals surface area (Å²) in [5.41, 5.74) is 5.68. The Morgan fingerprint density at radius 3 is 2.48 bits per heavy atom. The normalized spacial score (nSPS) is 12.0. The van der Waals surface area contributed by atoms with Crippen LogP contribution in [0.3, 0.4) is 0 Å². The summed E-state index contributed by atoms with van der Waals surface area (Å²) < 4.78 is 0. The van der Waals surface area contributed by atoms with Crippen LogP contribution in [-0.2, 0) is 17.6 Å². The van der Waals surface area contributed by atoms with Crippen molar-refractivity contribution in [1.29, 1.82) is 0 Å². The number of carbonyl (C=O) groups is 1. The Morgan fingerprint density at radius 2 is 1.72 bits per heavy atom. The summed E-state index contributed by atoms with van der Waals surface area (Å²) in [6, 6.07) is 27.3. The number of benzene rings is 3. The number of aryl methyl sites for hydroxylation is 1. The molecule has 0 amide bonds. The molecule has 0 fully saturated rings. The van der Waals surface area contributed by atoms with Gasteiger partial charge in [0, 0.05) is 23.8 Å². The molecule has 3 aromatic carbocycles. The van der Waals surface area contributed by atoms with E-state index in [4.69, 9.17) is 5.11 Å². The molecule has 0 spiro atoms. The number of H-pyrrole nitrogens is 1. The second kappa shape index (κ2) is 8.65. The third-order valence-corrected chi connectivity index (χ3v) is 5.19. The average molecular weight is 384 g/mol. The molecule has 4 aromatic rings. The first-order chi connectivity index (χ1) is 14.2. The van der Waals surface area contributed by atoms with Gasteiger partial charge in [0.05, 0.1) is 6.04 Å². The Hall–Kier alpha value is -3.53. The maximum absolute atomic E-state index is 10.8. The lowest BCUT2D eigenvalue weighted by Gasteiger charge is -2.21. The van der Waals surface area contributed by atoms with E-state index in [0.29, 0.717) is 6.42 Å². The van der Waals surface area contributed by atoms with Gasteiger partial charge in [0.1, 0.15) is 0 Å². The zero-order chi connectivity index (χ0) is 20.1. The lowest BCUT2D eigenvalue weighted by Crippen LogP contribution is -2.14. The van der Waals surface area contributed by atoms with Crippen molar-refractivity contribution in [3.8, 4) is 0 Å². The molecule has 1 aromatic heterocycles. The number of aliphatic carboxylic acids is 1. The van der Waals surface area contributed by atoms with Crippen LogP contribution in [0.25, 0.3) is 10.9 Å². The van der Waals surface area contributed by atoms with E-state index >= 15 is 0 Å². The summed E-state index contributed by atoms with van der Waals surface area (Å²) in [5, 5.41) is 13.7. The molecule has 0 radical (unpaired) electrons. The zero-order valence-corrected chi connectivity index (χ0v) is 16.1. The molecular formula is C25H24N2O2. The minimum atomic E-state index is -0.769. The van der Waals surface area contributed by atoms with Gasteiger partial charge < -0.3 is 15.4 Å². The molecule has 0 aliphatic heterocycles. The third kappa shape index (κ3) is 4.85. The number of rotatable bonds is 8. The molecule has 0 aliphatic carbocycles. The quantitative estimate of drug-likeness (QED) is 0.371. The highest BCUT2D eigenvalue weighted by Crippen LogP contribution is 2.26. The lowest BCUT2D eigenvalue weighted by molar-refractivity contribution is -0.136. The number of anilines is 1. The summed E-state index contributed by atoms with van der Waals surface area (Å²) in [6.07, 6.45) is 3.53. The Labute approximate surface area is 170 Å². The molecule has 0 bridgehead atoms. The number of hydrogen-bond acceptors (Lipinski definition) is 2. The number of hydrogen-bond donors (Lipinski definition) is 3. The fourth-order valence-electron chi connectivity index (χ4n) is 3.60. The standard InChI is InChI=1S/C25H24N2O2/c28-25(29)13-8-18-6-11-22(12-7-18)27-24(16-19-4-2-1-3-5-19)21-10-9-20-14-15-26-23(20)17-21/h1-7,9-12,14-15,17,24,26-27H,8,13,16H2,(H,28,29). The van der Waals surface area contributed by atoms with E-state index in [0.717, 1.165) is 23.2 Å². The monoisotopic (exact) mass is 384 g/mol. The molecule has 3 N–H and O–H groups in total. The molecule has 0 saturated heterocycles. The first-order valence-electron chi connectivity index (χ1n) is 9.85. The van der Waals surface area contributed by atoms with Crippen molar-refractivity contribution in [1.82, 2.24) is 4.98 Å². The Kier molecular flexibility index (Phi) is 5.61. The fraction of sp³-hybridized carbons (Fsp3) is 0.160. The van der Waals surface area contributed by atoms with Crippen molar-refractivity contribution < 1.29 is 9.90 Å². The summed E-state index contributed by atoms with van der Waals surface area (Å²) >= 11 is 0. The number of nitrogens with one attached hydrogen (secondary N) is 2. The van der Waals surface area contributed by atoms with Crippen LogP contribution in [0.4, 0.5) is 5.69 Å².